The van der Waals surface area contributed by atoms with E-state index in [1.807, 2.05) is 13.0 Å². The van der Waals surface area contributed by atoms with E-state index in [0.717, 1.165) is 6.54 Å². The molecule has 0 amide bonds. The molecule has 0 spiro atoms. The van der Waals surface area contributed by atoms with Crippen LogP contribution in [0.1, 0.15) is 38.7 Å². The second kappa shape index (κ2) is 10.0. The van der Waals surface area contributed by atoms with Gasteiger partial charge in [-0.05, 0) is 25.5 Å². The molecule has 0 aliphatic carbocycles. The van der Waals surface area contributed by atoms with Gasteiger partial charge in [0.05, 0.1) is 6.07 Å². The molecule has 0 saturated carbocycles. The maximum atomic E-state index is 7.62. The minimum atomic E-state index is 0.625. The molecule has 0 aliphatic heterocycles. The van der Waals surface area contributed by atoms with Gasteiger partial charge in [-0.3, -0.25) is 0 Å². The van der Waals surface area contributed by atoms with Crippen LogP contribution in [0.25, 0.3) is 0 Å². The highest BCUT2D eigenvalue weighted by molar-refractivity contribution is 5.44. The van der Waals surface area contributed by atoms with Crippen LogP contribution in [0, 0.1) is 18.3 Å². The summed E-state index contributed by atoms with van der Waals surface area (Å²) in [5, 5.41) is 11.0. The van der Waals surface area contributed by atoms with Crippen LogP contribution in [0.5, 0.6) is 0 Å². The molecule has 0 heterocycles. The molecule has 16 heavy (non-hydrogen) atoms. The number of unbranched alkanes of at least 4 members (excludes halogenated alkanes) is 1. The Morgan fingerprint density at radius 2 is 1.75 bits per heavy atom. The summed E-state index contributed by atoms with van der Waals surface area (Å²) >= 11 is 0. The van der Waals surface area contributed by atoms with E-state index in [0.29, 0.717) is 6.42 Å². The maximum absolute atomic E-state index is 7.62. The van der Waals surface area contributed by atoms with Crippen molar-refractivity contribution >= 4 is 5.69 Å². The zero-order chi connectivity index (χ0) is 12.2. The Bertz CT molecular complexity index is 296. The van der Waals surface area contributed by atoms with Gasteiger partial charge in [0.25, 0.3) is 0 Å². The van der Waals surface area contributed by atoms with Crippen molar-refractivity contribution in [1.29, 1.82) is 5.26 Å². The van der Waals surface area contributed by atoms with E-state index in [1.54, 1.807) is 0 Å². The lowest BCUT2D eigenvalue weighted by Crippen LogP contribution is -2.00. The monoisotopic (exact) mass is 218 g/mol. The van der Waals surface area contributed by atoms with Gasteiger partial charge in [0.1, 0.15) is 0 Å². The molecule has 1 aromatic carbocycles. The molecule has 0 aliphatic rings. The van der Waals surface area contributed by atoms with E-state index in [9.17, 15) is 0 Å². The average molecular weight is 218 g/mol. The van der Waals surface area contributed by atoms with Crippen LogP contribution in [-0.2, 0) is 0 Å². The number of hydrogen-bond acceptors (Lipinski definition) is 2. The van der Waals surface area contributed by atoms with Gasteiger partial charge in [-0.25, -0.2) is 0 Å². The fraction of sp³-hybridized carbons (Fsp3) is 0.500. The number of benzene rings is 1. The predicted molar refractivity (Wildman–Crippen MR) is 70.5 cm³/mol. The van der Waals surface area contributed by atoms with Crippen molar-refractivity contribution in [2.75, 3.05) is 11.9 Å². The van der Waals surface area contributed by atoms with Gasteiger partial charge in [0, 0.05) is 18.7 Å². The highest BCUT2D eigenvalue weighted by Gasteiger charge is 1.89. The first-order valence-electron chi connectivity index (χ1n) is 5.92. The molecule has 1 rings (SSSR count). The topological polar surface area (TPSA) is 35.8 Å². The standard InChI is InChI=1S/C11H17N.C3H5N/c1-3-4-9-12-11-7-5-10(2)6-8-11;1-2-3-4/h5-8,12H,3-4,9H2,1-2H3;2H2,1H3. The van der Waals surface area contributed by atoms with Crippen molar-refractivity contribution in [1.82, 2.24) is 0 Å². The van der Waals surface area contributed by atoms with Crippen LogP contribution in [0.4, 0.5) is 5.69 Å². The largest absolute Gasteiger partial charge is 0.385 e. The predicted octanol–water partition coefficient (Wildman–Crippen LogP) is 4.13. The maximum Gasteiger partial charge on any atom is 0.0618 e. The molecule has 0 radical (unpaired) electrons. The summed E-state index contributed by atoms with van der Waals surface area (Å²) in [6, 6.07) is 10.5. The summed E-state index contributed by atoms with van der Waals surface area (Å²) in [5.74, 6) is 0. The number of nitrogens with zero attached hydrogens (tertiary/aromatic N) is 1. The van der Waals surface area contributed by atoms with E-state index in [1.165, 1.54) is 24.1 Å². The molecule has 0 saturated heterocycles. The smallest absolute Gasteiger partial charge is 0.0618 e. The van der Waals surface area contributed by atoms with Gasteiger partial charge < -0.3 is 5.32 Å². The van der Waals surface area contributed by atoms with Gasteiger partial charge in [-0.1, -0.05) is 38.0 Å². The van der Waals surface area contributed by atoms with E-state index in [4.69, 9.17) is 5.26 Å². The molecule has 88 valence electrons. The summed E-state index contributed by atoms with van der Waals surface area (Å²) in [7, 11) is 0. The molecule has 0 bridgehead atoms. The number of rotatable bonds is 4. The Morgan fingerprint density at radius 3 is 2.19 bits per heavy atom. The SMILES string of the molecule is CCC#N.CCCCNc1ccc(C)cc1. The average Bonchev–Trinajstić information content (AvgIpc) is 2.32. The first-order valence-corrected chi connectivity index (χ1v) is 5.92. The fourth-order valence-corrected chi connectivity index (χ4v) is 1.08. The van der Waals surface area contributed by atoms with Crippen LogP contribution < -0.4 is 5.32 Å². The van der Waals surface area contributed by atoms with Crippen molar-refractivity contribution < 1.29 is 0 Å². The summed E-state index contributed by atoms with van der Waals surface area (Å²) in [5.41, 5.74) is 2.55. The zero-order valence-corrected chi connectivity index (χ0v) is 10.6. The summed E-state index contributed by atoms with van der Waals surface area (Å²) in [6.45, 7) is 7.21. The Balaban J connectivity index is 0.000000487. The van der Waals surface area contributed by atoms with Gasteiger partial charge in [-0.2, -0.15) is 5.26 Å². The van der Waals surface area contributed by atoms with Crippen molar-refractivity contribution in [3.63, 3.8) is 0 Å². The second-order valence-electron chi connectivity index (χ2n) is 3.66. The van der Waals surface area contributed by atoms with E-state index in [-0.39, 0.29) is 0 Å². The molecular formula is C14H22N2. The lowest BCUT2D eigenvalue weighted by molar-refractivity contribution is 0.834. The van der Waals surface area contributed by atoms with Crippen LogP contribution in [0.3, 0.4) is 0 Å². The Hall–Kier alpha value is -1.49. The lowest BCUT2D eigenvalue weighted by Gasteiger charge is -2.04. The number of aryl methyl sites for hydroxylation is 1. The third kappa shape index (κ3) is 7.87. The van der Waals surface area contributed by atoms with Crippen LogP contribution in [-0.4, -0.2) is 6.54 Å². The Morgan fingerprint density at radius 1 is 1.19 bits per heavy atom. The minimum Gasteiger partial charge on any atom is -0.385 e. The quantitative estimate of drug-likeness (QED) is 0.771. The van der Waals surface area contributed by atoms with Crippen LogP contribution in [0.2, 0.25) is 0 Å². The molecule has 1 N–H and O–H groups in total. The fourth-order valence-electron chi connectivity index (χ4n) is 1.08. The molecule has 2 heteroatoms. The third-order valence-electron chi connectivity index (χ3n) is 2.07. The van der Waals surface area contributed by atoms with Crippen molar-refractivity contribution in [3.05, 3.63) is 29.8 Å². The van der Waals surface area contributed by atoms with Crippen molar-refractivity contribution in [3.8, 4) is 6.07 Å². The van der Waals surface area contributed by atoms with Gasteiger partial charge >= 0.3 is 0 Å². The molecule has 1 aromatic rings. The van der Waals surface area contributed by atoms with E-state index < -0.39 is 0 Å². The van der Waals surface area contributed by atoms with E-state index >= 15 is 0 Å². The first-order chi connectivity index (χ1) is 7.74. The van der Waals surface area contributed by atoms with E-state index in [2.05, 4.69) is 43.4 Å². The number of nitriles is 1. The Labute approximate surface area is 99.3 Å². The number of anilines is 1. The van der Waals surface area contributed by atoms with Gasteiger partial charge in [0.15, 0.2) is 0 Å². The summed E-state index contributed by atoms with van der Waals surface area (Å²) in [6.07, 6.45) is 3.12. The minimum absolute atomic E-state index is 0.625. The van der Waals surface area contributed by atoms with Crippen LogP contribution in [0.15, 0.2) is 24.3 Å². The van der Waals surface area contributed by atoms with Gasteiger partial charge in [-0.15, -0.1) is 0 Å². The highest BCUT2D eigenvalue weighted by atomic mass is 14.9. The molecule has 2 nitrogen and oxygen atoms in total. The Kier molecular flexibility index (Phi) is 9.11. The highest BCUT2D eigenvalue weighted by Crippen LogP contribution is 2.08. The molecule has 0 fully saturated rings. The lowest BCUT2D eigenvalue weighted by atomic mass is 10.2. The normalized spacial score (nSPS) is 8.62. The number of nitrogens with one attached hydrogen (secondary N) is 1. The number of hydrogen-bond donors (Lipinski definition) is 1. The summed E-state index contributed by atoms with van der Waals surface area (Å²) < 4.78 is 0. The summed E-state index contributed by atoms with van der Waals surface area (Å²) in [4.78, 5) is 0. The molecule has 0 aromatic heterocycles. The molecule has 0 atom stereocenters. The molecule has 0 unspecified atom stereocenters. The van der Waals surface area contributed by atoms with Crippen LogP contribution >= 0.6 is 0 Å². The van der Waals surface area contributed by atoms with Gasteiger partial charge in [0.2, 0.25) is 0 Å². The van der Waals surface area contributed by atoms with Crippen molar-refractivity contribution in [2.45, 2.75) is 40.0 Å². The third-order valence-corrected chi connectivity index (χ3v) is 2.07. The molecular weight excluding hydrogens is 196 g/mol. The first kappa shape index (κ1) is 14.5. The zero-order valence-electron chi connectivity index (χ0n) is 10.6. The van der Waals surface area contributed by atoms with Crippen molar-refractivity contribution in [2.24, 2.45) is 0 Å². The second-order valence-corrected chi connectivity index (χ2v) is 3.66.